The first-order chi connectivity index (χ1) is 12.3. The van der Waals surface area contributed by atoms with E-state index in [0.717, 1.165) is 0 Å². The monoisotopic (exact) mass is 355 g/mol. The lowest BCUT2D eigenvalue weighted by Crippen LogP contribution is -2.44. The van der Waals surface area contributed by atoms with Crippen LogP contribution in [0, 0.1) is 0 Å². The topological polar surface area (TPSA) is 62.9 Å². The van der Waals surface area contributed by atoms with Crippen molar-refractivity contribution in [3.05, 3.63) is 52.7 Å². The average molecular weight is 355 g/mol. The smallest absolute Gasteiger partial charge is 0.200 e. The van der Waals surface area contributed by atoms with Gasteiger partial charge in [-0.05, 0) is 58.2 Å². The summed E-state index contributed by atoms with van der Waals surface area (Å²) in [5.41, 5.74) is 0.984. The van der Waals surface area contributed by atoms with Crippen LogP contribution in [0.4, 0.5) is 0 Å². The molecule has 1 heterocycles. The molecule has 5 nitrogen and oxygen atoms in total. The number of β-amino-alcohol motifs (C(OH)–C–C–N with tert-alkyl or cyclic N) is 1. The molecule has 0 aliphatic heterocycles. The van der Waals surface area contributed by atoms with E-state index in [1.54, 1.807) is 30.3 Å². The van der Waals surface area contributed by atoms with Gasteiger partial charge in [-0.25, -0.2) is 0 Å². The number of fused-ring (bicyclic) bond motifs is 2. The Morgan fingerprint density at radius 2 is 1.81 bits per heavy atom. The van der Waals surface area contributed by atoms with Gasteiger partial charge in [0, 0.05) is 12.1 Å². The highest BCUT2D eigenvalue weighted by Crippen LogP contribution is 2.22. The fraction of sp³-hybridized carbons (Fsp3) is 0.381. The van der Waals surface area contributed by atoms with Crippen molar-refractivity contribution < 1.29 is 14.3 Å². The number of benzene rings is 2. The largest absolute Gasteiger partial charge is 0.491 e. The molecule has 0 amide bonds. The van der Waals surface area contributed by atoms with E-state index in [2.05, 4.69) is 25.7 Å². The van der Waals surface area contributed by atoms with Crippen LogP contribution in [0.25, 0.3) is 21.9 Å². The van der Waals surface area contributed by atoms with Gasteiger partial charge in [-0.3, -0.25) is 9.69 Å². The van der Waals surface area contributed by atoms with Crippen molar-refractivity contribution in [3.8, 4) is 5.75 Å². The van der Waals surface area contributed by atoms with Gasteiger partial charge in [-0.1, -0.05) is 12.1 Å². The van der Waals surface area contributed by atoms with Crippen LogP contribution in [0.15, 0.2) is 51.7 Å². The molecule has 138 valence electrons. The first-order valence-electron chi connectivity index (χ1n) is 8.73. The molecule has 1 atom stereocenters. The molecule has 0 aliphatic carbocycles. The zero-order chi connectivity index (χ0) is 18.9. The number of nitrogens with zero attached hydrogens (tertiary/aromatic N) is 1. The molecule has 2 aromatic carbocycles. The van der Waals surface area contributed by atoms with Crippen molar-refractivity contribution in [2.45, 2.75) is 32.4 Å². The quantitative estimate of drug-likeness (QED) is 0.711. The number of para-hydroxylation sites is 1. The summed E-state index contributed by atoms with van der Waals surface area (Å²) in [5, 5.41) is 11.2. The summed E-state index contributed by atoms with van der Waals surface area (Å²) in [6.07, 6.45) is -0.622. The van der Waals surface area contributed by atoms with Crippen molar-refractivity contribution in [3.63, 3.8) is 0 Å². The third-order valence-electron chi connectivity index (χ3n) is 4.62. The van der Waals surface area contributed by atoms with Crippen molar-refractivity contribution >= 4 is 21.9 Å². The summed E-state index contributed by atoms with van der Waals surface area (Å²) >= 11 is 0. The molecule has 1 aromatic heterocycles. The number of rotatable bonds is 5. The normalized spacial score (nSPS) is 13.5. The highest BCUT2D eigenvalue weighted by atomic mass is 16.5. The van der Waals surface area contributed by atoms with Crippen LogP contribution in [0.1, 0.15) is 20.8 Å². The minimum absolute atomic E-state index is 0.0239. The predicted molar refractivity (Wildman–Crippen MR) is 104 cm³/mol. The lowest BCUT2D eigenvalue weighted by molar-refractivity contribution is 0.0473. The van der Waals surface area contributed by atoms with Crippen molar-refractivity contribution in [2.75, 3.05) is 20.2 Å². The Morgan fingerprint density at radius 1 is 1.12 bits per heavy atom. The second-order valence-electron chi connectivity index (χ2n) is 7.60. The van der Waals surface area contributed by atoms with Gasteiger partial charge in [0.15, 0.2) is 0 Å². The van der Waals surface area contributed by atoms with Gasteiger partial charge in [-0.15, -0.1) is 0 Å². The highest BCUT2D eigenvalue weighted by molar-refractivity contribution is 5.90. The maximum Gasteiger partial charge on any atom is 0.200 e. The van der Waals surface area contributed by atoms with Gasteiger partial charge >= 0.3 is 0 Å². The number of ether oxygens (including phenoxy) is 1. The summed E-state index contributed by atoms with van der Waals surface area (Å²) in [5.74, 6) is 0.539. The van der Waals surface area contributed by atoms with E-state index in [9.17, 15) is 9.90 Å². The Balaban J connectivity index is 1.78. The molecule has 26 heavy (non-hydrogen) atoms. The molecule has 0 aliphatic rings. The minimum atomic E-state index is -0.622. The highest BCUT2D eigenvalue weighted by Gasteiger charge is 2.20. The van der Waals surface area contributed by atoms with Gasteiger partial charge in [0.25, 0.3) is 0 Å². The average Bonchev–Trinajstić information content (AvgIpc) is 2.59. The van der Waals surface area contributed by atoms with Crippen LogP contribution in [0.3, 0.4) is 0 Å². The lowest BCUT2D eigenvalue weighted by Gasteiger charge is -2.33. The molecular weight excluding hydrogens is 330 g/mol. The standard InChI is InChI=1S/C21H25NO4/c1-21(2,3)22(4)12-14(23)13-25-15-9-10-19-17(11-15)20(24)16-7-5-6-8-18(16)26-19/h5-11,14,23H,12-13H2,1-4H3. The van der Waals surface area contributed by atoms with Crippen molar-refractivity contribution in [2.24, 2.45) is 0 Å². The van der Waals surface area contributed by atoms with Gasteiger partial charge in [-0.2, -0.15) is 0 Å². The Kier molecular flexibility index (Phi) is 5.03. The zero-order valence-electron chi connectivity index (χ0n) is 15.7. The second-order valence-corrected chi connectivity index (χ2v) is 7.60. The fourth-order valence-corrected chi connectivity index (χ4v) is 2.71. The third kappa shape index (κ3) is 3.89. The van der Waals surface area contributed by atoms with Crippen molar-refractivity contribution in [1.82, 2.24) is 4.90 Å². The first kappa shape index (κ1) is 18.4. The number of aliphatic hydroxyl groups is 1. The van der Waals surface area contributed by atoms with Gasteiger partial charge in [0.05, 0.1) is 10.8 Å². The molecule has 3 rings (SSSR count). The molecule has 0 spiro atoms. The molecule has 0 bridgehead atoms. The predicted octanol–water partition coefficient (Wildman–Crippen LogP) is 3.42. The summed E-state index contributed by atoms with van der Waals surface area (Å²) in [6.45, 7) is 6.93. The Labute approximate surface area is 152 Å². The van der Waals surface area contributed by atoms with E-state index in [0.29, 0.717) is 34.2 Å². The van der Waals surface area contributed by atoms with E-state index < -0.39 is 6.10 Å². The van der Waals surface area contributed by atoms with E-state index >= 15 is 0 Å². The van der Waals surface area contributed by atoms with Crippen LogP contribution < -0.4 is 10.2 Å². The van der Waals surface area contributed by atoms with E-state index in [1.807, 2.05) is 19.2 Å². The summed E-state index contributed by atoms with van der Waals surface area (Å²) in [4.78, 5) is 14.7. The number of likely N-dealkylation sites (N-methyl/N-ethyl adjacent to an activating group) is 1. The molecule has 0 saturated heterocycles. The summed E-state index contributed by atoms with van der Waals surface area (Å²) < 4.78 is 11.5. The SMILES string of the molecule is CN(CC(O)COc1ccc2oc3ccccc3c(=O)c2c1)C(C)(C)C. The van der Waals surface area contributed by atoms with Crippen LogP contribution in [0.2, 0.25) is 0 Å². The molecule has 1 unspecified atom stereocenters. The molecule has 0 saturated carbocycles. The van der Waals surface area contributed by atoms with Crippen LogP contribution in [0.5, 0.6) is 5.75 Å². The zero-order valence-corrected chi connectivity index (χ0v) is 15.7. The van der Waals surface area contributed by atoms with Crippen LogP contribution in [-0.2, 0) is 0 Å². The lowest BCUT2D eigenvalue weighted by atomic mass is 10.1. The number of hydrogen-bond donors (Lipinski definition) is 1. The molecule has 5 heteroatoms. The van der Waals surface area contributed by atoms with Crippen LogP contribution in [-0.4, -0.2) is 41.8 Å². The van der Waals surface area contributed by atoms with E-state index in [4.69, 9.17) is 9.15 Å². The Hall–Kier alpha value is -2.37. The van der Waals surface area contributed by atoms with Gasteiger partial charge in [0.1, 0.15) is 29.6 Å². The maximum atomic E-state index is 12.7. The second kappa shape index (κ2) is 7.09. The summed E-state index contributed by atoms with van der Waals surface area (Å²) in [7, 11) is 1.97. The first-order valence-corrected chi connectivity index (χ1v) is 8.73. The maximum absolute atomic E-state index is 12.7. The Morgan fingerprint density at radius 3 is 2.54 bits per heavy atom. The van der Waals surface area contributed by atoms with Crippen molar-refractivity contribution in [1.29, 1.82) is 0 Å². The molecule has 0 radical (unpaired) electrons. The molecular formula is C21H25NO4. The Bertz CT molecular complexity index is 971. The van der Waals surface area contributed by atoms with Crippen LogP contribution >= 0.6 is 0 Å². The molecule has 0 fully saturated rings. The fourth-order valence-electron chi connectivity index (χ4n) is 2.71. The minimum Gasteiger partial charge on any atom is -0.491 e. The number of hydrogen-bond acceptors (Lipinski definition) is 5. The molecule has 3 aromatic rings. The van der Waals surface area contributed by atoms with Gasteiger partial charge < -0.3 is 14.3 Å². The van der Waals surface area contributed by atoms with E-state index in [-0.39, 0.29) is 17.6 Å². The van der Waals surface area contributed by atoms with Gasteiger partial charge in [0.2, 0.25) is 5.43 Å². The number of aliphatic hydroxyl groups excluding tert-OH is 1. The third-order valence-corrected chi connectivity index (χ3v) is 4.62. The van der Waals surface area contributed by atoms with E-state index in [1.165, 1.54) is 0 Å². The molecule has 1 N–H and O–H groups in total. The summed E-state index contributed by atoms with van der Waals surface area (Å²) in [6, 6.07) is 12.3.